The van der Waals surface area contributed by atoms with Crippen molar-refractivity contribution in [2.24, 2.45) is 0 Å². The minimum atomic E-state index is -0.853. The van der Waals surface area contributed by atoms with Crippen LogP contribution in [0.15, 0.2) is 12.2 Å². The molecule has 0 aromatic rings. The van der Waals surface area contributed by atoms with E-state index in [2.05, 4.69) is 19.2 Å². The van der Waals surface area contributed by atoms with Gasteiger partial charge in [0, 0.05) is 12.8 Å². The second-order valence-corrected chi connectivity index (χ2v) is 19.3. The van der Waals surface area contributed by atoms with E-state index in [-0.39, 0.29) is 18.5 Å². The molecule has 0 saturated heterocycles. The first kappa shape index (κ1) is 60.6. The maximum Gasteiger partial charge on any atom is 0.305 e. The van der Waals surface area contributed by atoms with E-state index in [4.69, 9.17) is 4.74 Å². The van der Waals surface area contributed by atoms with Crippen molar-refractivity contribution in [3.63, 3.8) is 0 Å². The van der Waals surface area contributed by atoms with Gasteiger partial charge in [0.05, 0.1) is 25.4 Å². The molecular weight excluding hydrogens is 767 g/mol. The second-order valence-electron chi connectivity index (χ2n) is 19.3. The third-order valence-electron chi connectivity index (χ3n) is 13.1. The van der Waals surface area contributed by atoms with Crippen molar-refractivity contribution >= 4 is 11.9 Å². The maximum atomic E-state index is 12.4. The third kappa shape index (κ3) is 48.1. The summed E-state index contributed by atoms with van der Waals surface area (Å²) >= 11 is 0. The third-order valence-corrected chi connectivity index (χ3v) is 13.1. The molecule has 0 saturated carbocycles. The molecule has 6 nitrogen and oxygen atoms in total. The minimum Gasteiger partial charge on any atom is -0.466 e. The molecule has 0 spiro atoms. The van der Waals surface area contributed by atoms with Crippen LogP contribution >= 0.6 is 0 Å². The van der Waals surface area contributed by atoms with Gasteiger partial charge in [0.2, 0.25) is 5.91 Å². The number of carbonyl (C=O) groups excluding carboxylic acids is 2. The molecule has 0 heterocycles. The zero-order chi connectivity index (χ0) is 45.1. The van der Waals surface area contributed by atoms with Crippen LogP contribution in [0.5, 0.6) is 0 Å². The Labute approximate surface area is 387 Å². The number of unbranched alkanes of at least 4 members (excludes halogenated alkanes) is 41. The van der Waals surface area contributed by atoms with E-state index in [1.165, 1.54) is 225 Å². The molecular formula is C56H109NO5. The number of aliphatic hydroxyl groups excluding tert-OH is 2. The van der Waals surface area contributed by atoms with Crippen molar-refractivity contribution in [2.45, 2.75) is 321 Å². The first-order valence-electron chi connectivity index (χ1n) is 28.0. The largest absolute Gasteiger partial charge is 0.466 e. The molecule has 6 heteroatoms. The van der Waals surface area contributed by atoms with Crippen molar-refractivity contribution in [1.82, 2.24) is 5.32 Å². The molecule has 0 aromatic carbocycles. The van der Waals surface area contributed by atoms with E-state index >= 15 is 0 Å². The lowest BCUT2D eigenvalue weighted by Gasteiger charge is -2.20. The topological polar surface area (TPSA) is 95.9 Å². The van der Waals surface area contributed by atoms with E-state index < -0.39 is 12.1 Å². The summed E-state index contributed by atoms with van der Waals surface area (Å²) in [5, 5.41) is 23.1. The first-order valence-corrected chi connectivity index (χ1v) is 28.0. The quantitative estimate of drug-likeness (QED) is 0.0321. The zero-order valence-corrected chi connectivity index (χ0v) is 41.9. The number of carbonyl (C=O) groups is 2. The normalized spacial score (nSPS) is 12.6. The van der Waals surface area contributed by atoms with Crippen LogP contribution in [0.1, 0.15) is 309 Å². The number of nitrogens with one attached hydrogen (secondary N) is 1. The highest BCUT2D eigenvalue weighted by atomic mass is 16.5. The van der Waals surface area contributed by atoms with Crippen LogP contribution in [0.4, 0.5) is 0 Å². The fourth-order valence-corrected chi connectivity index (χ4v) is 8.75. The van der Waals surface area contributed by atoms with E-state index in [1.807, 2.05) is 6.08 Å². The molecule has 1 amide bonds. The van der Waals surface area contributed by atoms with Gasteiger partial charge in [0.25, 0.3) is 0 Å². The molecule has 0 radical (unpaired) electrons. The van der Waals surface area contributed by atoms with Crippen molar-refractivity contribution in [3.8, 4) is 0 Å². The lowest BCUT2D eigenvalue weighted by Crippen LogP contribution is -2.45. The molecule has 0 aliphatic carbocycles. The van der Waals surface area contributed by atoms with Crippen molar-refractivity contribution in [2.75, 3.05) is 13.2 Å². The van der Waals surface area contributed by atoms with Crippen LogP contribution in [-0.2, 0) is 14.3 Å². The van der Waals surface area contributed by atoms with Crippen LogP contribution in [0.3, 0.4) is 0 Å². The van der Waals surface area contributed by atoms with Gasteiger partial charge in [-0.15, -0.1) is 0 Å². The summed E-state index contributed by atoms with van der Waals surface area (Å²) in [6.07, 6.45) is 60.8. The lowest BCUT2D eigenvalue weighted by atomic mass is 10.0. The maximum absolute atomic E-state index is 12.4. The molecule has 0 fully saturated rings. The second kappa shape index (κ2) is 52.2. The number of amides is 1. The molecule has 0 aliphatic heterocycles. The molecule has 368 valence electrons. The number of hydrogen-bond acceptors (Lipinski definition) is 5. The van der Waals surface area contributed by atoms with E-state index in [0.717, 1.165) is 57.8 Å². The van der Waals surface area contributed by atoms with Gasteiger partial charge < -0.3 is 20.3 Å². The van der Waals surface area contributed by atoms with Crippen LogP contribution in [-0.4, -0.2) is 47.4 Å². The molecule has 62 heavy (non-hydrogen) atoms. The predicted molar refractivity (Wildman–Crippen MR) is 269 cm³/mol. The summed E-state index contributed by atoms with van der Waals surface area (Å²) in [4.78, 5) is 24.5. The number of hydrogen-bond donors (Lipinski definition) is 3. The molecule has 0 aromatic heterocycles. The van der Waals surface area contributed by atoms with Gasteiger partial charge in [0.15, 0.2) is 0 Å². The summed E-state index contributed by atoms with van der Waals surface area (Å²) in [5.41, 5.74) is 0. The highest BCUT2D eigenvalue weighted by molar-refractivity contribution is 5.76. The van der Waals surface area contributed by atoms with Gasteiger partial charge in [-0.25, -0.2) is 0 Å². The van der Waals surface area contributed by atoms with Crippen LogP contribution in [0.2, 0.25) is 0 Å². The lowest BCUT2D eigenvalue weighted by molar-refractivity contribution is -0.143. The highest BCUT2D eigenvalue weighted by Crippen LogP contribution is 2.17. The smallest absolute Gasteiger partial charge is 0.305 e. The summed E-state index contributed by atoms with van der Waals surface area (Å²) in [7, 11) is 0. The summed E-state index contributed by atoms with van der Waals surface area (Å²) < 4.78 is 5.48. The number of allylic oxidation sites excluding steroid dienone is 1. The van der Waals surface area contributed by atoms with Gasteiger partial charge in [-0.05, 0) is 32.1 Å². The van der Waals surface area contributed by atoms with E-state index in [0.29, 0.717) is 19.4 Å². The number of rotatable bonds is 52. The Hall–Kier alpha value is -1.40. The van der Waals surface area contributed by atoms with Gasteiger partial charge in [0.1, 0.15) is 0 Å². The Morgan fingerprint density at radius 1 is 0.435 bits per heavy atom. The molecule has 3 N–H and O–H groups in total. The Bertz CT molecular complexity index is 924. The first-order chi connectivity index (χ1) is 30.5. The SMILES string of the molecule is CCCCCCCCCCCCCCC/C=C/C(O)C(CO)NC(=O)CCCCCCCCCCCCCCOC(=O)CCCCCCCCCCCCCCCCCCCC. The van der Waals surface area contributed by atoms with Gasteiger partial charge >= 0.3 is 5.97 Å². The molecule has 0 bridgehead atoms. The monoisotopic (exact) mass is 876 g/mol. The summed E-state index contributed by atoms with van der Waals surface area (Å²) in [5.74, 6) is -0.0875. The molecule has 0 aliphatic rings. The van der Waals surface area contributed by atoms with Gasteiger partial charge in [-0.1, -0.05) is 276 Å². The van der Waals surface area contributed by atoms with Crippen molar-refractivity contribution < 1.29 is 24.5 Å². The summed E-state index contributed by atoms with van der Waals surface area (Å²) in [6, 6.07) is -0.638. The van der Waals surface area contributed by atoms with Gasteiger partial charge in [-0.2, -0.15) is 0 Å². The van der Waals surface area contributed by atoms with Crippen LogP contribution in [0, 0.1) is 0 Å². The number of esters is 1. The number of aliphatic hydroxyl groups is 2. The van der Waals surface area contributed by atoms with Crippen LogP contribution < -0.4 is 5.32 Å². The Balaban J connectivity index is 3.45. The highest BCUT2D eigenvalue weighted by Gasteiger charge is 2.18. The Morgan fingerprint density at radius 3 is 1.10 bits per heavy atom. The fraction of sp³-hybridized carbons (Fsp3) is 0.929. The predicted octanol–water partition coefficient (Wildman–Crippen LogP) is 16.9. The van der Waals surface area contributed by atoms with Gasteiger partial charge in [-0.3, -0.25) is 9.59 Å². The Kier molecular flexibility index (Phi) is 51.0. The van der Waals surface area contributed by atoms with Crippen molar-refractivity contribution in [3.05, 3.63) is 12.2 Å². The fourth-order valence-electron chi connectivity index (χ4n) is 8.75. The summed E-state index contributed by atoms with van der Waals surface area (Å²) in [6.45, 7) is 4.89. The molecule has 2 atom stereocenters. The molecule has 0 rings (SSSR count). The minimum absolute atomic E-state index is 0.00603. The van der Waals surface area contributed by atoms with E-state index in [1.54, 1.807) is 6.08 Å². The van der Waals surface area contributed by atoms with Crippen molar-refractivity contribution in [1.29, 1.82) is 0 Å². The molecule has 2 unspecified atom stereocenters. The van der Waals surface area contributed by atoms with Crippen LogP contribution in [0.25, 0.3) is 0 Å². The zero-order valence-electron chi connectivity index (χ0n) is 41.9. The Morgan fingerprint density at radius 2 is 0.742 bits per heavy atom. The average molecular weight is 876 g/mol. The van der Waals surface area contributed by atoms with E-state index in [9.17, 15) is 19.8 Å². The standard InChI is InChI=1S/C56H109NO5/c1-3-5-7-9-11-13-15-17-19-20-21-23-25-30-34-38-42-46-50-56(61)62-51-47-43-39-35-31-27-26-29-33-37-41-45-49-55(60)57-53(52-58)54(59)48-44-40-36-32-28-24-22-18-16-14-12-10-8-6-4-2/h44,48,53-54,58-59H,3-43,45-47,49-52H2,1-2H3,(H,57,60)/b48-44+. The average Bonchev–Trinajstić information content (AvgIpc) is 3.27. The number of ether oxygens (including phenoxy) is 1.